The van der Waals surface area contributed by atoms with E-state index in [0.717, 1.165) is 5.00 Å². The van der Waals surface area contributed by atoms with Crippen LogP contribution in [0.5, 0.6) is 0 Å². The number of amides is 1. The number of carbonyl (C=O) groups excluding carboxylic acids is 3. The van der Waals surface area contributed by atoms with Gasteiger partial charge in [-0.1, -0.05) is 32.5 Å². The summed E-state index contributed by atoms with van der Waals surface area (Å²) in [4.78, 5) is 37.6. The van der Waals surface area contributed by atoms with Crippen LogP contribution in [0.15, 0.2) is 11.4 Å². The molecule has 6 heteroatoms. The average molecular weight is 339 g/mol. The number of rotatable bonds is 4. The van der Waals surface area contributed by atoms with E-state index in [2.05, 4.69) is 0 Å². The zero-order chi connectivity index (χ0) is 16.5. The Morgan fingerprint density at radius 2 is 2.09 bits per heavy atom. The molecule has 1 saturated heterocycles. The minimum absolute atomic E-state index is 0.0413. The van der Waals surface area contributed by atoms with Gasteiger partial charge in [-0.05, 0) is 17.4 Å². The Morgan fingerprint density at radius 3 is 2.68 bits per heavy atom. The zero-order valence-electron chi connectivity index (χ0n) is 13.3. The summed E-state index contributed by atoms with van der Waals surface area (Å²) in [6.45, 7) is 7.78. The number of hydrogen-bond donors (Lipinski definition) is 0. The van der Waals surface area contributed by atoms with Gasteiger partial charge in [-0.15, -0.1) is 11.3 Å². The summed E-state index contributed by atoms with van der Waals surface area (Å²) in [5, 5.41) is 2.69. The third kappa shape index (κ3) is 3.79. The molecule has 0 bridgehead atoms. The molecular weight excluding hydrogens is 318 g/mol. The van der Waals surface area contributed by atoms with E-state index in [1.54, 1.807) is 17.9 Å². The Kier molecular flexibility index (Phi) is 5.12. The number of carbonyl (C=O) groups is 3. The van der Waals surface area contributed by atoms with E-state index in [1.165, 1.54) is 23.1 Å². The van der Waals surface area contributed by atoms with Crippen LogP contribution in [0, 0.1) is 11.3 Å². The fraction of sp³-hybridized carbons (Fsp3) is 0.562. The van der Waals surface area contributed by atoms with Crippen LogP contribution < -0.4 is 4.90 Å². The molecule has 1 amide bonds. The SMILES string of the molecule is CC(=O)SCC1CC(=O)N(c2sccc2C(=O)C(C)(C)C)C1. The molecule has 1 aliphatic rings. The topological polar surface area (TPSA) is 54.5 Å². The summed E-state index contributed by atoms with van der Waals surface area (Å²) in [5.74, 6) is 0.921. The second-order valence-electron chi connectivity index (χ2n) is 6.60. The van der Waals surface area contributed by atoms with E-state index >= 15 is 0 Å². The number of thiophene rings is 1. The monoisotopic (exact) mass is 339 g/mol. The molecule has 1 aromatic heterocycles. The first-order valence-electron chi connectivity index (χ1n) is 7.26. The average Bonchev–Trinajstić information content (AvgIpc) is 3.00. The third-order valence-corrected chi connectivity index (χ3v) is 5.52. The maximum atomic E-state index is 12.5. The first-order chi connectivity index (χ1) is 10.2. The summed E-state index contributed by atoms with van der Waals surface area (Å²) in [6, 6.07) is 1.80. The van der Waals surface area contributed by atoms with Crippen LogP contribution in [0.4, 0.5) is 5.00 Å². The van der Waals surface area contributed by atoms with Crippen LogP contribution in [0.2, 0.25) is 0 Å². The minimum Gasteiger partial charge on any atom is -0.303 e. The molecule has 0 spiro atoms. The molecule has 2 rings (SSSR count). The minimum atomic E-state index is -0.470. The Bertz CT molecular complexity index is 601. The summed E-state index contributed by atoms with van der Waals surface area (Å²) >= 11 is 2.70. The van der Waals surface area contributed by atoms with Gasteiger partial charge >= 0.3 is 0 Å². The number of hydrogen-bond acceptors (Lipinski definition) is 5. The number of thioether (sulfide) groups is 1. The van der Waals surface area contributed by atoms with E-state index < -0.39 is 5.41 Å². The fourth-order valence-corrected chi connectivity index (χ4v) is 4.03. The van der Waals surface area contributed by atoms with Crippen LogP contribution in [0.3, 0.4) is 0 Å². The van der Waals surface area contributed by atoms with E-state index in [0.29, 0.717) is 24.3 Å². The van der Waals surface area contributed by atoms with Crippen molar-refractivity contribution < 1.29 is 14.4 Å². The van der Waals surface area contributed by atoms with Gasteiger partial charge < -0.3 is 4.90 Å². The van der Waals surface area contributed by atoms with E-state index in [-0.39, 0.29) is 22.7 Å². The lowest BCUT2D eigenvalue weighted by Crippen LogP contribution is -2.28. The molecule has 0 aromatic carbocycles. The molecule has 2 heterocycles. The number of anilines is 1. The summed E-state index contributed by atoms with van der Waals surface area (Å²) in [7, 11) is 0. The van der Waals surface area contributed by atoms with Crippen LogP contribution in [-0.2, 0) is 9.59 Å². The van der Waals surface area contributed by atoms with Crippen molar-refractivity contribution in [1.29, 1.82) is 0 Å². The molecule has 0 N–H and O–H groups in total. The lowest BCUT2D eigenvalue weighted by molar-refractivity contribution is -0.117. The Hall–Kier alpha value is -1.14. The highest BCUT2D eigenvalue weighted by Gasteiger charge is 2.35. The first kappa shape index (κ1) is 17.2. The van der Waals surface area contributed by atoms with Crippen molar-refractivity contribution in [2.45, 2.75) is 34.1 Å². The predicted octanol–water partition coefficient (Wildman–Crippen LogP) is 3.61. The molecule has 1 atom stereocenters. The van der Waals surface area contributed by atoms with Gasteiger partial charge in [-0.3, -0.25) is 14.4 Å². The Labute approximate surface area is 139 Å². The standard InChI is InChI=1S/C16H21NO3S2/c1-10(18)22-9-11-7-13(19)17(8-11)15-12(5-6-21-15)14(20)16(2,3)4/h5-6,11H,7-9H2,1-4H3. The van der Waals surface area contributed by atoms with Gasteiger partial charge in [-0.2, -0.15) is 0 Å². The molecule has 1 aliphatic heterocycles. The number of ketones is 1. The molecule has 4 nitrogen and oxygen atoms in total. The van der Waals surface area contributed by atoms with Gasteiger partial charge in [-0.25, -0.2) is 0 Å². The lowest BCUT2D eigenvalue weighted by atomic mass is 9.87. The number of Topliss-reactive ketones (excluding diaryl/α,β-unsaturated/α-hetero) is 1. The second kappa shape index (κ2) is 6.54. The highest BCUT2D eigenvalue weighted by atomic mass is 32.2. The Balaban J connectivity index is 2.16. The van der Waals surface area contributed by atoms with Crippen molar-refractivity contribution in [2.75, 3.05) is 17.2 Å². The van der Waals surface area contributed by atoms with Crippen LogP contribution >= 0.6 is 23.1 Å². The fourth-order valence-electron chi connectivity index (χ4n) is 2.41. The smallest absolute Gasteiger partial charge is 0.227 e. The second-order valence-corrected chi connectivity index (χ2v) is 8.69. The van der Waals surface area contributed by atoms with Crippen molar-refractivity contribution >= 4 is 44.9 Å². The molecule has 1 aromatic rings. The molecular formula is C16H21NO3S2. The maximum absolute atomic E-state index is 12.5. The van der Waals surface area contributed by atoms with Gasteiger partial charge in [0.1, 0.15) is 5.00 Å². The maximum Gasteiger partial charge on any atom is 0.227 e. The van der Waals surface area contributed by atoms with E-state index in [1.807, 2.05) is 26.2 Å². The molecule has 120 valence electrons. The molecule has 0 saturated carbocycles. The summed E-state index contributed by atoms with van der Waals surface area (Å²) in [6.07, 6.45) is 0.446. The highest BCUT2D eigenvalue weighted by molar-refractivity contribution is 8.13. The van der Waals surface area contributed by atoms with Gasteiger partial charge in [0.15, 0.2) is 10.9 Å². The van der Waals surface area contributed by atoms with Crippen molar-refractivity contribution in [2.24, 2.45) is 11.3 Å². The van der Waals surface area contributed by atoms with Crippen molar-refractivity contribution in [1.82, 2.24) is 0 Å². The molecule has 22 heavy (non-hydrogen) atoms. The van der Waals surface area contributed by atoms with Crippen molar-refractivity contribution in [3.8, 4) is 0 Å². The van der Waals surface area contributed by atoms with Gasteiger partial charge in [0.05, 0.1) is 5.56 Å². The molecule has 1 unspecified atom stereocenters. The van der Waals surface area contributed by atoms with E-state index in [9.17, 15) is 14.4 Å². The normalized spacial score (nSPS) is 18.8. The Morgan fingerprint density at radius 1 is 1.41 bits per heavy atom. The van der Waals surface area contributed by atoms with Crippen LogP contribution in [0.1, 0.15) is 44.5 Å². The zero-order valence-corrected chi connectivity index (χ0v) is 15.0. The summed E-state index contributed by atoms with van der Waals surface area (Å²) < 4.78 is 0. The largest absolute Gasteiger partial charge is 0.303 e. The first-order valence-corrected chi connectivity index (χ1v) is 9.12. The third-order valence-electron chi connectivity index (χ3n) is 3.54. The van der Waals surface area contributed by atoms with E-state index in [4.69, 9.17) is 0 Å². The lowest BCUT2D eigenvalue weighted by Gasteiger charge is -2.21. The number of nitrogens with zero attached hydrogens (tertiary/aromatic N) is 1. The van der Waals surface area contributed by atoms with Crippen molar-refractivity contribution in [3.63, 3.8) is 0 Å². The van der Waals surface area contributed by atoms with Crippen LogP contribution in [-0.4, -0.2) is 29.1 Å². The quantitative estimate of drug-likeness (QED) is 0.786. The van der Waals surface area contributed by atoms with Gasteiger partial charge in [0, 0.05) is 31.1 Å². The van der Waals surface area contributed by atoms with Gasteiger partial charge in [0.25, 0.3) is 0 Å². The van der Waals surface area contributed by atoms with Crippen LogP contribution in [0.25, 0.3) is 0 Å². The molecule has 1 fully saturated rings. The molecule has 0 radical (unpaired) electrons. The summed E-state index contributed by atoms with van der Waals surface area (Å²) in [5.41, 5.74) is 0.161. The highest BCUT2D eigenvalue weighted by Crippen LogP contribution is 2.36. The molecule has 0 aliphatic carbocycles. The van der Waals surface area contributed by atoms with Gasteiger partial charge in [0.2, 0.25) is 5.91 Å². The predicted molar refractivity (Wildman–Crippen MR) is 91.7 cm³/mol. The van der Waals surface area contributed by atoms with Crippen molar-refractivity contribution in [3.05, 3.63) is 17.0 Å².